The molecule has 0 unspecified atom stereocenters. The van der Waals surface area contributed by atoms with E-state index < -0.39 is 5.41 Å². The van der Waals surface area contributed by atoms with Crippen LogP contribution in [0.2, 0.25) is 0 Å². The lowest BCUT2D eigenvalue weighted by atomic mass is 9.70. The van der Waals surface area contributed by atoms with Crippen LogP contribution >= 0.6 is 0 Å². The van der Waals surface area contributed by atoms with E-state index in [2.05, 4.69) is 20.4 Å². The van der Waals surface area contributed by atoms with Crippen LogP contribution in [0.15, 0.2) is 29.7 Å². The van der Waals surface area contributed by atoms with Crippen LogP contribution in [0.25, 0.3) is 11.3 Å². The molecule has 28 heavy (non-hydrogen) atoms. The second-order valence-corrected chi connectivity index (χ2v) is 7.63. The van der Waals surface area contributed by atoms with Crippen molar-refractivity contribution in [3.05, 3.63) is 35.7 Å². The number of fused-ring (bicyclic) bond motifs is 3. The minimum Gasteiger partial charge on any atom is -0.497 e. The van der Waals surface area contributed by atoms with Crippen molar-refractivity contribution in [1.82, 2.24) is 15.3 Å². The Morgan fingerprint density at radius 2 is 2.14 bits per heavy atom. The number of carbonyl (C=O) groups is 1. The van der Waals surface area contributed by atoms with E-state index in [1.807, 2.05) is 32.0 Å². The summed E-state index contributed by atoms with van der Waals surface area (Å²) < 4.78 is 5.41. The molecule has 0 radical (unpaired) electrons. The van der Waals surface area contributed by atoms with Gasteiger partial charge in [0.05, 0.1) is 18.5 Å². The molecule has 1 atom stereocenters. The van der Waals surface area contributed by atoms with Gasteiger partial charge in [-0.05, 0) is 32.0 Å². The molecule has 1 aliphatic carbocycles. The van der Waals surface area contributed by atoms with Crippen LogP contribution in [0.5, 0.6) is 5.75 Å². The van der Waals surface area contributed by atoms with Gasteiger partial charge in [0, 0.05) is 41.0 Å². The Hall–Kier alpha value is -3.16. The van der Waals surface area contributed by atoms with E-state index >= 15 is 0 Å². The van der Waals surface area contributed by atoms with Crippen LogP contribution in [-0.4, -0.2) is 41.8 Å². The molecule has 146 valence electrons. The fourth-order valence-electron chi connectivity index (χ4n) is 3.88. The largest absolute Gasteiger partial charge is 0.497 e. The first-order chi connectivity index (χ1) is 13.4. The van der Waals surface area contributed by atoms with E-state index in [0.717, 1.165) is 33.8 Å². The molecule has 3 N–H and O–H groups in total. The fraction of sp³-hybridized carbons (Fsp3) is 0.400. The molecule has 1 fully saturated rings. The van der Waals surface area contributed by atoms with E-state index in [1.165, 1.54) is 6.33 Å². The van der Waals surface area contributed by atoms with Crippen molar-refractivity contribution >= 4 is 17.4 Å². The number of nitrogens with zero attached hydrogens (tertiary/aromatic N) is 3. The van der Waals surface area contributed by atoms with Gasteiger partial charge < -0.3 is 20.6 Å². The molecule has 1 amide bonds. The van der Waals surface area contributed by atoms with Crippen molar-refractivity contribution in [3.8, 4) is 17.0 Å². The Balaban J connectivity index is 1.78. The van der Waals surface area contributed by atoms with Crippen molar-refractivity contribution < 1.29 is 14.4 Å². The van der Waals surface area contributed by atoms with Crippen LogP contribution in [0.4, 0.5) is 5.82 Å². The van der Waals surface area contributed by atoms with Crippen molar-refractivity contribution in [1.29, 1.82) is 0 Å². The number of hydrogen-bond acceptors (Lipinski definition) is 7. The number of nitrogens with one attached hydrogen (secondary N) is 1. The van der Waals surface area contributed by atoms with Gasteiger partial charge in [0.1, 0.15) is 24.5 Å². The van der Waals surface area contributed by atoms with Gasteiger partial charge in [0.25, 0.3) is 0 Å². The van der Waals surface area contributed by atoms with E-state index in [1.54, 1.807) is 7.11 Å². The van der Waals surface area contributed by atoms with E-state index in [9.17, 15) is 4.79 Å². The summed E-state index contributed by atoms with van der Waals surface area (Å²) in [7, 11) is 1.63. The van der Waals surface area contributed by atoms with Crippen LogP contribution in [0.3, 0.4) is 0 Å². The maximum absolute atomic E-state index is 11.4. The van der Waals surface area contributed by atoms with Gasteiger partial charge >= 0.3 is 0 Å². The fourth-order valence-corrected chi connectivity index (χ4v) is 3.88. The first-order valence-corrected chi connectivity index (χ1v) is 9.18. The number of aromatic nitrogens is 2. The summed E-state index contributed by atoms with van der Waals surface area (Å²) in [6.45, 7) is 5.03. The molecular weight excluding hydrogens is 358 g/mol. The minimum atomic E-state index is -0.566. The third-order valence-electron chi connectivity index (χ3n) is 5.36. The number of nitrogens with two attached hydrogens (primary N) is 1. The highest BCUT2D eigenvalue weighted by Gasteiger charge is 2.41. The SMILES string of the molecule is COc1ccc2c(c1)/C(=N\OC[C@H]1CNC(=O)C1)C(C)(C)c1c(N)ncnc1-2. The molecule has 8 heteroatoms. The zero-order valence-corrected chi connectivity index (χ0v) is 16.2. The average molecular weight is 381 g/mol. The lowest BCUT2D eigenvalue weighted by molar-refractivity contribution is -0.119. The first-order valence-electron chi connectivity index (χ1n) is 9.18. The average Bonchev–Trinajstić information content (AvgIpc) is 3.08. The first kappa shape index (κ1) is 18.2. The zero-order valence-electron chi connectivity index (χ0n) is 16.2. The monoisotopic (exact) mass is 381 g/mol. The molecule has 2 aromatic rings. The van der Waals surface area contributed by atoms with E-state index in [0.29, 0.717) is 25.4 Å². The second kappa shape index (κ2) is 6.78. The number of hydrogen-bond donors (Lipinski definition) is 2. The molecule has 1 saturated heterocycles. The predicted molar refractivity (Wildman–Crippen MR) is 105 cm³/mol. The second-order valence-electron chi connectivity index (χ2n) is 7.63. The van der Waals surface area contributed by atoms with Gasteiger partial charge in [0.2, 0.25) is 5.91 Å². The van der Waals surface area contributed by atoms with Crippen LogP contribution < -0.4 is 15.8 Å². The molecule has 2 aliphatic rings. The quantitative estimate of drug-likeness (QED) is 0.782. The topological polar surface area (TPSA) is 112 Å². The van der Waals surface area contributed by atoms with E-state index in [-0.39, 0.29) is 11.8 Å². The lowest BCUT2D eigenvalue weighted by Gasteiger charge is -2.34. The number of rotatable bonds is 4. The summed E-state index contributed by atoms with van der Waals surface area (Å²) in [5.74, 6) is 1.32. The van der Waals surface area contributed by atoms with Crippen molar-refractivity contribution in [3.63, 3.8) is 0 Å². The molecule has 4 rings (SSSR count). The summed E-state index contributed by atoms with van der Waals surface area (Å²) in [4.78, 5) is 25.8. The number of amides is 1. The van der Waals surface area contributed by atoms with Crippen LogP contribution in [0, 0.1) is 5.92 Å². The van der Waals surface area contributed by atoms with E-state index in [4.69, 9.17) is 15.3 Å². The third-order valence-corrected chi connectivity index (χ3v) is 5.36. The Morgan fingerprint density at radius 1 is 1.32 bits per heavy atom. The summed E-state index contributed by atoms with van der Waals surface area (Å²) in [5, 5.41) is 7.30. The van der Waals surface area contributed by atoms with Gasteiger partial charge in [-0.3, -0.25) is 4.79 Å². The number of ether oxygens (including phenoxy) is 1. The number of carbonyl (C=O) groups excluding carboxylic acids is 1. The molecule has 0 bridgehead atoms. The third kappa shape index (κ3) is 2.94. The van der Waals surface area contributed by atoms with Crippen LogP contribution in [-0.2, 0) is 15.0 Å². The van der Waals surface area contributed by atoms with Crippen molar-refractivity contribution in [2.24, 2.45) is 11.1 Å². The van der Waals surface area contributed by atoms with Gasteiger partial charge in [-0.1, -0.05) is 5.16 Å². The molecule has 2 heterocycles. The predicted octanol–water partition coefficient (Wildman–Crippen LogP) is 1.88. The number of benzene rings is 1. The Bertz CT molecular complexity index is 970. The Kier molecular flexibility index (Phi) is 4.41. The minimum absolute atomic E-state index is 0.0492. The maximum Gasteiger partial charge on any atom is 0.220 e. The smallest absolute Gasteiger partial charge is 0.220 e. The highest BCUT2D eigenvalue weighted by Crippen LogP contribution is 2.45. The Morgan fingerprint density at radius 3 is 2.86 bits per heavy atom. The van der Waals surface area contributed by atoms with Gasteiger partial charge in [-0.25, -0.2) is 9.97 Å². The summed E-state index contributed by atoms with van der Waals surface area (Å²) in [6, 6.07) is 5.76. The molecule has 8 nitrogen and oxygen atoms in total. The summed E-state index contributed by atoms with van der Waals surface area (Å²) in [5.41, 5.74) is 9.79. The normalized spacial score (nSPS) is 21.0. The highest BCUT2D eigenvalue weighted by molar-refractivity contribution is 6.15. The number of methoxy groups -OCH3 is 1. The van der Waals surface area contributed by atoms with Gasteiger partial charge in [-0.2, -0.15) is 0 Å². The standard InChI is InChI=1S/C20H23N5O3/c1-20(2)16-17(23-10-24-19(16)21)13-5-4-12(27-3)7-14(13)18(20)25-28-9-11-6-15(26)22-8-11/h4-5,7,10-11H,6,8-9H2,1-3H3,(H,22,26)(H2,21,23,24)/b25-18+/t11-/m1/s1. The maximum atomic E-state index is 11.4. The number of oxime groups is 1. The zero-order chi connectivity index (χ0) is 19.9. The van der Waals surface area contributed by atoms with Crippen molar-refractivity contribution in [2.75, 3.05) is 26.0 Å². The van der Waals surface area contributed by atoms with Crippen molar-refractivity contribution in [2.45, 2.75) is 25.7 Å². The molecule has 0 spiro atoms. The highest BCUT2D eigenvalue weighted by atomic mass is 16.6. The number of nitrogen functional groups attached to an aromatic ring is 1. The number of anilines is 1. The van der Waals surface area contributed by atoms with Gasteiger partial charge in [0.15, 0.2) is 0 Å². The molecule has 1 aromatic heterocycles. The Labute approximate surface area is 163 Å². The summed E-state index contributed by atoms with van der Waals surface area (Å²) >= 11 is 0. The molecular formula is C20H23N5O3. The molecule has 1 aromatic carbocycles. The van der Waals surface area contributed by atoms with Crippen LogP contribution in [0.1, 0.15) is 31.4 Å². The molecule has 0 saturated carbocycles. The van der Waals surface area contributed by atoms with Gasteiger partial charge in [-0.15, -0.1) is 0 Å². The molecule has 1 aliphatic heterocycles. The summed E-state index contributed by atoms with van der Waals surface area (Å²) in [6.07, 6.45) is 1.93. The lowest BCUT2D eigenvalue weighted by Crippen LogP contribution is -2.36.